The molecule has 1 aliphatic rings. The van der Waals surface area contributed by atoms with Crippen LogP contribution < -0.4 is 10.0 Å². The van der Waals surface area contributed by atoms with E-state index in [9.17, 15) is 9.90 Å². The van der Waals surface area contributed by atoms with Gasteiger partial charge in [0.05, 0.1) is 24.1 Å². The topological polar surface area (TPSA) is 56.3 Å². The Kier molecular flexibility index (Phi) is 6.91. The number of nitrogens with zero attached hydrogens (tertiary/aromatic N) is 3. The number of carbonyl (C=O) groups is 1. The third kappa shape index (κ3) is 5.19. The molecule has 1 aromatic heterocycles. The predicted molar refractivity (Wildman–Crippen MR) is 143 cm³/mol. The van der Waals surface area contributed by atoms with Crippen LogP contribution in [0.15, 0.2) is 64.5 Å². The summed E-state index contributed by atoms with van der Waals surface area (Å²) in [6.45, 7) is 15.2. The number of rotatable bonds is 3. The molecule has 186 valence electrons. The van der Waals surface area contributed by atoms with Gasteiger partial charge in [-0.1, -0.05) is 50.7 Å². The standard InChI is InChI=1S/C29H37N3O2S/c1-28(2,3)21-11-13-22(14-12-21)35-23-19-24-25(30-20-23)9-7-10-26(24)31-15-8-17-32(18-16-31,27(33)34)29(4,5)6/h7,9-14,19-20H,8,15-18H2,1-6H3. The number of hydrogen-bond donors (Lipinski definition) is 0. The van der Waals surface area contributed by atoms with Crippen molar-refractivity contribution in [2.45, 2.75) is 68.7 Å². The highest BCUT2D eigenvalue weighted by Gasteiger charge is 2.43. The zero-order valence-corrected chi connectivity index (χ0v) is 22.6. The maximum Gasteiger partial charge on any atom is 0.257 e. The fraction of sp³-hybridized carbons (Fsp3) is 0.448. The van der Waals surface area contributed by atoms with Gasteiger partial charge < -0.3 is 14.8 Å². The number of quaternary nitrogens is 1. The van der Waals surface area contributed by atoms with Gasteiger partial charge in [0.1, 0.15) is 6.54 Å². The van der Waals surface area contributed by atoms with E-state index in [1.54, 1.807) is 11.8 Å². The number of hydrogen-bond acceptors (Lipinski definition) is 5. The molecule has 4 rings (SSSR count). The Labute approximate surface area is 213 Å². The molecule has 1 fully saturated rings. The summed E-state index contributed by atoms with van der Waals surface area (Å²) < 4.78 is -0.0157. The second kappa shape index (κ2) is 9.47. The third-order valence-corrected chi connectivity index (χ3v) is 8.29. The summed E-state index contributed by atoms with van der Waals surface area (Å²) in [5.41, 5.74) is 3.11. The normalized spacial score (nSPS) is 19.5. The lowest BCUT2D eigenvalue weighted by molar-refractivity contribution is -0.917. The zero-order valence-electron chi connectivity index (χ0n) is 21.8. The van der Waals surface area contributed by atoms with Crippen molar-refractivity contribution in [3.8, 4) is 0 Å². The van der Waals surface area contributed by atoms with Crippen molar-refractivity contribution >= 4 is 34.4 Å². The predicted octanol–water partition coefficient (Wildman–Crippen LogP) is 5.85. The highest BCUT2D eigenvalue weighted by Crippen LogP contribution is 2.35. The van der Waals surface area contributed by atoms with E-state index in [4.69, 9.17) is 4.98 Å². The van der Waals surface area contributed by atoms with Gasteiger partial charge in [0.15, 0.2) is 0 Å². The highest BCUT2D eigenvalue weighted by atomic mass is 32.2. The average Bonchev–Trinajstić information content (AvgIpc) is 3.02. The Balaban J connectivity index is 1.62. The highest BCUT2D eigenvalue weighted by molar-refractivity contribution is 7.99. The smallest absolute Gasteiger partial charge is 0.257 e. The molecule has 0 saturated carbocycles. The molecule has 0 spiro atoms. The second-order valence-corrected chi connectivity index (χ2v) is 12.7. The largest absolute Gasteiger partial charge is 0.498 e. The first-order valence-corrected chi connectivity index (χ1v) is 13.2. The van der Waals surface area contributed by atoms with Crippen molar-refractivity contribution in [2.24, 2.45) is 0 Å². The van der Waals surface area contributed by atoms with Crippen LogP contribution >= 0.6 is 11.8 Å². The number of pyridine rings is 1. The number of aromatic nitrogens is 1. The molecule has 1 unspecified atom stereocenters. The SMILES string of the molecule is CC(C)(C)c1ccc(Sc2cnc3cccc(N4CCC[N+](C(=O)[O-])(C(C)(C)C)CC4)c3c2)cc1. The Morgan fingerprint density at radius 3 is 2.31 bits per heavy atom. The first-order chi connectivity index (χ1) is 16.4. The van der Waals surface area contributed by atoms with Gasteiger partial charge in [-0.15, -0.1) is 0 Å². The monoisotopic (exact) mass is 491 g/mol. The van der Waals surface area contributed by atoms with Crippen molar-refractivity contribution in [3.05, 3.63) is 60.3 Å². The lowest BCUT2D eigenvalue weighted by Gasteiger charge is -2.47. The van der Waals surface area contributed by atoms with E-state index in [1.165, 1.54) is 10.5 Å². The molecule has 1 aliphatic heterocycles. The molecule has 1 amide bonds. The van der Waals surface area contributed by atoms with Crippen LogP contribution in [0.2, 0.25) is 0 Å². The van der Waals surface area contributed by atoms with E-state index in [2.05, 4.69) is 62.1 Å². The van der Waals surface area contributed by atoms with Crippen LogP contribution in [-0.2, 0) is 5.41 Å². The summed E-state index contributed by atoms with van der Waals surface area (Å²) in [6, 6.07) is 17.2. The Hall–Kier alpha value is -2.57. The molecule has 0 radical (unpaired) electrons. The van der Waals surface area contributed by atoms with Crippen LogP contribution in [0.25, 0.3) is 10.9 Å². The van der Waals surface area contributed by atoms with Crippen molar-refractivity contribution in [1.29, 1.82) is 0 Å². The second-order valence-electron chi connectivity index (χ2n) is 11.6. The molecular formula is C29H37N3O2S. The van der Waals surface area contributed by atoms with Gasteiger partial charge in [0.25, 0.3) is 6.09 Å². The van der Waals surface area contributed by atoms with E-state index in [1.807, 2.05) is 39.1 Å². The van der Waals surface area contributed by atoms with Crippen LogP contribution in [0.1, 0.15) is 53.5 Å². The number of carbonyl (C=O) groups excluding carboxylic acids is 1. The van der Waals surface area contributed by atoms with Gasteiger partial charge in [0.2, 0.25) is 0 Å². The first kappa shape index (κ1) is 25.5. The molecule has 3 aromatic rings. The fourth-order valence-corrected chi connectivity index (χ4v) is 5.85. The minimum Gasteiger partial charge on any atom is -0.498 e. The fourth-order valence-electron chi connectivity index (χ4n) is 5.02. The van der Waals surface area contributed by atoms with Gasteiger partial charge >= 0.3 is 0 Å². The lowest BCUT2D eigenvalue weighted by atomic mass is 9.87. The zero-order chi connectivity index (χ0) is 25.4. The van der Waals surface area contributed by atoms with Crippen molar-refractivity contribution in [1.82, 2.24) is 4.98 Å². The summed E-state index contributed by atoms with van der Waals surface area (Å²) >= 11 is 1.72. The maximum absolute atomic E-state index is 12.3. The number of carboxylic acid groups (broad SMARTS) is 1. The Bertz CT molecular complexity index is 1210. The van der Waals surface area contributed by atoms with Gasteiger partial charge in [-0.05, 0) is 62.1 Å². The molecule has 35 heavy (non-hydrogen) atoms. The molecule has 5 nitrogen and oxygen atoms in total. The lowest BCUT2D eigenvalue weighted by Crippen LogP contribution is -2.68. The van der Waals surface area contributed by atoms with Crippen molar-refractivity contribution < 1.29 is 14.4 Å². The quantitative estimate of drug-likeness (QED) is 0.430. The van der Waals surface area contributed by atoms with Crippen LogP contribution in [0.3, 0.4) is 0 Å². The third-order valence-electron chi connectivity index (χ3n) is 7.33. The first-order valence-electron chi connectivity index (χ1n) is 12.4. The minimum atomic E-state index is -0.977. The molecule has 1 saturated heterocycles. The van der Waals surface area contributed by atoms with Crippen molar-refractivity contribution in [2.75, 3.05) is 31.1 Å². The number of amides is 1. The van der Waals surface area contributed by atoms with E-state index in [-0.39, 0.29) is 9.90 Å². The van der Waals surface area contributed by atoms with Gasteiger partial charge in [-0.2, -0.15) is 0 Å². The summed E-state index contributed by atoms with van der Waals surface area (Å²) in [5.74, 6) is 0. The van der Waals surface area contributed by atoms with Crippen LogP contribution in [0.5, 0.6) is 0 Å². The molecule has 1 atom stereocenters. The molecule has 6 heteroatoms. The number of benzene rings is 2. The van der Waals surface area contributed by atoms with Gasteiger partial charge in [-0.3, -0.25) is 9.47 Å². The molecule has 2 aromatic carbocycles. The maximum atomic E-state index is 12.3. The molecule has 0 N–H and O–H groups in total. The van der Waals surface area contributed by atoms with Crippen LogP contribution in [0.4, 0.5) is 10.5 Å². The summed E-state index contributed by atoms with van der Waals surface area (Å²) in [4.78, 5) is 21.6. The molecular weight excluding hydrogens is 454 g/mol. The van der Waals surface area contributed by atoms with Crippen LogP contribution in [-0.4, -0.2) is 47.3 Å². The van der Waals surface area contributed by atoms with Gasteiger partial charge in [0, 0.05) is 40.0 Å². The van der Waals surface area contributed by atoms with Crippen LogP contribution in [0, 0.1) is 0 Å². The summed E-state index contributed by atoms with van der Waals surface area (Å²) in [5, 5.41) is 13.4. The van der Waals surface area contributed by atoms with E-state index < -0.39 is 11.6 Å². The van der Waals surface area contributed by atoms with E-state index in [0.29, 0.717) is 19.6 Å². The number of fused-ring (bicyclic) bond motifs is 1. The van der Waals surface area contributed by atoms with E-state index >= 15 is 0 Å². The Morgan fingerprint density at radius 2 is 1.69 bits per heavy atom. The van der Waals surface area contributed by atoms with E-state index in [0.717, 1.165) is 34.5 Å². The summed E-state index contributed by atoms with van der Waals surface area (Å²) in [7, 11) is 0. The molecule has 2 heterocycles. The Morgan fingerprint density at radius 1 is 0.971 bits per heavy atom. The average molecular weight is 492 g/mol. The molecule has 0 aliphatic carbocycles. The van der Waals surface area contributed by atoms with Crippen molar-refractivity contribution in [3.63, 3.8) is 0 Å². The summed E-state index contributed by atoms with van der Waals surface area (Å²) in [6.07, 6.45) is 1.76. The molecule has 0 bridgehead atoms. The van der Waals surface area contributed by atoms with Gasteiger partial charge in [-0.25, -0.2) is 0 Å². The minimum absolute atomic E-state index is 0.0157. The number of anilines is 1.